The molecule has 1 saturated heterocycles. The second-order valence-electron chi connectivity index (χ2n) is 7.55. The van der Waals surface area contributed by atoms with Crippen LogP contribution in [-0.2, 0) is 14.6 Å². The van der Waals surface area contributed by atoms with Gasteiger partial charge in [-0.3, -0.25) is 4.79 Å². The number of ether oxygens (including phenoxy) is 1. The number of carbonyl (C=O) groups excluding carboxylic acids is 1. The Kier molecular flexibility index (Phi) is 5.72. The van der Waals surface area contributed by atoms with Crippen molar-refractivity contribution in [2.24, 2.45) is 4.99 Å². The van der Waals surface area contributed by atoms with Gasteiger partial charge in [0.1, 0.15) is 6.61 Å². The lowest BCUT2D eigenvalue weighted by Gasteiger charge is -2.28. The van der Waals surface area contributed by atoms with Crippen molar-refractivity contribution in [1.82, 2.24) is 4.90 Å². The number of hydrogen-bond acceptors (Lipinski definition) is 5. The highest BCUT2D eigenvalue weighted by molar-refractivity contribution is 7.90. The van der Waals surface area contributed by atoms with Crippen LogP contribution in [-0.4, -0.2) is 57.6 Å². The molecule has 2 aliphatic rings. The highest BCUT2D eigenvalue weighted by Gasteiger charge is 2.21. The van der Waals surface area contributed by atoms with Crippen molar-refractivity contribution in [3.63, 3.8) is 0 Å². The topological polar surface area (TPSA) is 76.0 Å². The molecule has 0 unspecified atom stereocenters. The van der Waals surface area contributed by atoms with E-state index in [4.69, 9.17) is 4.74 Å². The summed E-state index contributed by atoms with van der Waals surface area (Å²) < 4.78 is 28.6. The van der Waals surface area contributed by atoms with Crippen molar-refractivity contribution in [2.45, 2.75) is 17.7 Å². The van der Waals surface area contributed by atoms with E-state index in [1.807, 2.05) is 17.0 Å². The average molecular weight is 425 g/mol. The van der Waals surface area contributed by atoms with Crippen molar-refractivity contribution < 1.29 is 17.9 Å². The molecule has 2 heterocycles. The largest absolute Gasteiger partial charge is 0.476 e. The molecular weight excluding hydrogens is 400 g/mol. The van der Waals surface area contributed by atoms with E-state index in [-0.39, 0.29) is 10.8 Å². The molecule has 0 bridgehead atoms. The molecule has 0 spiro atoms. The molecule has 2 aromatic carbocycles. The number of rotatable bonds is 4. The molecule has 2 aromatic rings. The summed E-state index contributed by atoms with van der Waals surface area (Å²) in [5, 5.41) is 0. The number of likely N-dealkylation sites (tertiary alicyclic amines) is 1. The van der Waals surface area contributed by atoms with Crippen molar-refractivity contribution >= 4 is 27.7 Å². The van der Waals surface area contributed by atoms with E-state index in [9.17, 15) is 13.2 Å². The lowest BCUT2D eigenvalue weighted by atomic mass is 9.99. The van der Waals surface area contributed by atoms with E-state index >= 15 is 0 Å². The van der Waals surface area contributed by atoms with Crippen LogP contribution in [0.4, 0.5) is 0 Å². The van der Waals surface area contributed by atoms with E-state index in [2.05, 4.69) is 23.2 Å². The van der Waals surface area contributed by atoms with Crippen molar-refractivity contribution in [2.75, 3.05) is 32.5 Å². The fourth-order valence-corrected chi connectivity index (χ4v) is 4.27. The van der Waals surface area contributed by atoms with Crippen LogP contribution in [0, 0.1) is 0 Å². The summed E-state index contributed by atoms with van der Waals surface area (Å²) >= 11 is 0. The Balaban J connectivity index is 1.36. The average Bonchev–Trinajstić information content (AvgIpc) is 3.29. The fourth-order valence-electron chi connectivity index (χ4n) is 3.64. The molecule has 0 saturated carbocycles. The van der Waals surface area contributed by atoms with Gasteiger partial charge in [-0.25, -0.2) is 13.4 Å². The van der Waals surface area contributed by atoms with E-state index in [1.54, 1.807) is 12.1 Å². The van der Waals surface area contributed by atoms with Gasteiger partial charge in [-0.15, -0.1) is 0 Å². The Morgan fingerprint density at radius 3 is 2.27 bits per heavy atom. The Morgan fingerprint density at radius 1 is 1.03 bits per heavy atom. The molecule has 0 N–H and O–H groups in total. The maximum absolute atomic E-state index is 12.7. The van der Waals surface area contributed by atoms with Gasteiger partial charge in [-0.05, 0) is 54.8 Å². The molecule has 30 heavy (non-hydrogen) atoms. The molecule has 4 rings (SSSR count). The standard InChI is InChI=1S/C23H24N2O4S/c1-30(27,28)21-8-6-20(7-9-21)23(26)25-13-10-18(11-14-25)16-17-2-4-19(5-3-17)22-24-12-15-29-22/h2-9,16H,10-15H2,1H3. The van der Waals surface area contributed by atoms with E-state index in [0.717, 1.165) is 36.8 Å². The summed E-state index contributed by atoms with van der Waals surface area (Å²) in [4.78, 5) is 19.1. The first-order chi connectivity index (χ1) is 14.4. The third-order valence-electron chi connectivity index (χ3n) is 5.34. The zero-order valence-electron chi connectivity index (χ0n) is 16.9. The van der Waals surface area contributed by atoms with Gasteiger partial charge in [-0.1, -0.05) is 23.8 Å². The van der Waals surface area contributed by atoms with Crippen LogP contribution >= 0.6 is 0 Å². The number of aliphatic imine (C=N–C) groups is 1. The quantitative estimate of drug-likeness (QED) is 0.755. The molecule has 0 aromatic heterocycles. The first kappa shape index (κ1) is 20.3. The number of benzene rings is 2. The first-order valence-electron chi connectivity index (χ1n) is 9.97. The molecule has 1 fully saturated rings. The van der Waals surface area contributed by atoms with Gasteiger partial charge in [0.05, 0.1) is 11.4 Å². The maximum Gasteiger partial charge on any atom is 0.253 e. The normalized spacial score (nSPS) is 16.8. The Hall–Kier alpha value is -2.93. The van der Waals surface area contributed by atoms with Crippen molar-refractivity contribution in [1.29, 1.82) is 0 Å². The van der Waals surface area contributed by atoms with Gasteiger partial charge in [0.25, 0.3) is 5.91 Å². The summed E-state index contributed by atoms with van der Waals surface area (Å²) in [6, 6.07) is 14.3. The van der Waals surface area contributed by atoms with E-state index in [1.165, 1.54) is 17.7 Å². The second kappa shape index (κ2) is 8.44. The maximum atomic E-state index is 12.7. The molecule has 7 heteroatoms. The highest BCUT2D eigenvalue weighted by Crippen LogP contribution is 2.22. The lowest BCUT2D eigenvalue weighted by molar-refractivity contribution is 0.0744. The number of carbonyl (C=O) groups is 1. The second-order valence-corrected chi connectivity index (χ2v) is 9.56. The summed E-state index contributed by atoms with van der Waals surface area (Å²) in [6.45, 7) is 2.68. The molecule has 156 valence electrons. The predicted octanol–water partition coefficient (Wildman–Crippen LogP) is 3.19. The number of hydrogen-bond donors (Lipinski definition) is 0. The van der Waals surface area contributed by atoms with Gasteiger partial charge in [0.15, 0.2) is 9.84 Å². The molecular formula is C23H24N2O4S. The van der Waals surface area contributed by atoms with Crippen LogP contribution in [0.15, 0.2) is 64.0 Å². The number of sulfone groups is 1. The summed E-state index contributed by atoms with van der Waals surface area (Å²) in [5.74, 6) is 0.654. The van der Waals surface area contributed by atoms with Gasteiger partial charge in [-0.2, -0.15) is 0 Å². The number of nitrogens with zero attached hydrogens (tertiary/aromatic N) is 2. The molecule has 0 aliphatic carbocycles. The third kappa shape index (κ3) is 4.62. The fraction of sp³-hybridized carbons (Fsp3) is 0.304. The minimum Gasteiger partial charge on any atom is -0.476 e. The summed E-state index contributed by atoms with van der Waals surface area (Å²) in [5.41, 5.74) is 3.96. The zero-order chi connectivity index (χ0) is 21.1. The smallest absolute Gasteiger partial charge is 0.253 e. The van der Waals surface area contributed by atoms with Gasteiger partial charge < -0.3 is 9.64 Å². The molecule has 0 radical (unpaired) electrons. The van der Waals surface area contributed by atoms with E-state index < -0.39 is 9.84 Å². The van der Waals surface area contributed by atoms with Gasteiger partial charge >= 0.3 is 0 Å². The molecule has 2 aliphatic heterocycles. The SMILES string of the molecule is CS(=O)(=O)c1ccc(C(=O)N2CCC(=Cc3ccc(C4=NCCO4)cc3)CC2)cc1. The lowest BCUT2D eigenvalue weighted by Crippen LogP contribution is -2.36. The Morgan fingerprint density at radius 2 is 1.70 bits per heavy atom. The van der Waals surface area contributed by atoms with Crippen molar-refractivity contribution in [3.05, 3.63) is 70.8 Å². The van der Waals surface area contributed by atoms with Gasteiger partial charge in [0, 0.05) is 30.5 Å². The highest BCUT2D eigenvalue weighted by atomic mass is 32.2. The van der Waals surface area contributed by atoms with E-state index in [0.29, 0.717) is 31.2 Å². The van der Waals surface area contributed by atoms with Crippen LogP contribution in [0.5, 0.6) is 0 Å². The number of amides is 1. The summed E-state index contributed by atoms with van der Waals surface area (Å²) in [6.07, 6.45) is 4.99. The first-order valence-corrected chi connectivity index (χ1v) is 11.9. The molecule has 0 atom stereocenters. The minimum atomic E-state index is -3.26. The minimum absolute atomic E-state index is 0.0595. The zero-order valence-corrected chi connectivity index (χ0v) is 17.7. The Bertz CT molecular complexity index is 1090. The van der Waals surface area contributed by atoms with Crippen LogP contribution in [0.1, 0.15) is 34.3 Å². The van der Waals surface area contributed by atoms with Crippen LogP contribution in [0.25, 0.3) is 6.08 Å². The predicted molar refractivity (Wildman–Crippen MR) is 116 cm³/mol. The van der Waals surface area contributed by atoms with Crippen LogP contribution < -0.4 is 0 Å². The van der Waals surface area contributed by atoms with Gasteiger partial charge in [0.2, 0.25) is 5.90 Å². The van der Waals surface area contributed by atoms with Crippen LogP contribution in [0.3, 0.4) is 0 Å². The Labute approximate surface area is 176 Å². The van der Waals surface area contributed by atoms with Crippen molar-refractivity contribution in [3.8, 4) is 0 Å². The number of piperidine rings is 1. The molecule has 1 amide bonds. The third-order valence-corrected chi connectivity index (χ3v) is 6.46. The summed E-state index contributed by atoms with van der Waals surface area (Å²) in [7, 11) is -3.26. The van der Waals surface area contributed by atoms with Crippen LogP contribution in [0.2, 0.25) is 0 Å². The monoisotopic (exact) mass is 424 g/mol. The molecule has 6 nitrogen and oxygen atoms in total.